The Bertz CT molecular complexity index is 950. The van der Waals surface area contributed by atoms with Gasteiger partial charge in [-0.25, -0.2) is 4.39 Å². The Kier molecular flexibility index (Phi) is 7.54. The maximum absolute atomic E-state index is 14.2. The van der Waals surface area contributed by atoms with Crippen LogP contribution in [0.2, 0.25) is 0 Å². The van der Waals surface area contributed by atoms with Gasteiger partial charge in [-0.05, 0) is 91.3 Å². The van der Waals surface area contributed by atoms with Gasteiger partial charge in [0, 0.05) is 4.47 Å². The number of aryl methyl sites for hydroxylation is 1. The van der Waals surface area contributed by atoms with Crippen molar-refractivity contribution in [3.63, 3.8) is 0 Å². The van der Waals surface area contributed by atoms with E-state index in [1.165, 1.54) is 11.6 Å². The second kappa shape index (κ2) is 10.1. The van der Waals surface area contributed by atoms with Crippen molar-refractivity contribution in [2.24, 2.45) is 0 Å². The van der Waals surface area contributed by atoms with E-state index in [2.05, 4.69) is 41.9 Å². The Balaban J connectivity index is 1.60. The van der Waals surface area contributed by atoms with Gasteiger partial charge in [0.15, 0.2) is 11.6 Å². The van der Waals surface area contributed by atoms with Crippen LogP contribution in [-0.4, -0.2) is 6.61 Å². The van der Waals surface area contributed by atoms with Crippen LogP contribution >= 0.6 is 15.9 Å². The molecule has 3 aromatic rings. The van der Waals surface area contributed by atoms with Gasteiger partial charge in [-0.15, -0.1) is 0 Å². The number of ether oxygens (including phenoxy) is 2. The molecule has 0 saturated heterocycles. The molecule has 0 heterocycles. The van der Waals surface area contributed by atoms with Gasteiger partial charge in [0.2, 0.25) is 0 Å². The fourth-order valence-electron chi connectivity index (χ4n) is 3.46. The maximum Gasteiger partial charge on any atom is 0.165 e. The molecule has 0 radical (unpaired) electrons. The second-order valence-corrected chi connectivity index (χ2v) is 8.93. The molecule has 0 aliphatic rings. The SMILES string of the molecule is CCOc1ccc(C(C)(C)CCCc2ccc(F)c(Oc3ccc(Br)cc3)c2)cc1. The highest BCUT2D eigenvalue weighted by molar-refractivity contribution is 9.10. The summed E-state index contributed by atoms with van der Waals surface area (Å²) in [6, 6.07) is 20.9. The lowest BCUT2D eigenvalue weighted by Crippen LogP contribution is -2.17. The van der Waals surface area contributed by atoms with E-state index in [1.54, 1.807) is 6.07 Å². The van der Waals surface area contributed by atoms with Crippen molar-refractivity contribution in [1.82, 2.24) is 0 Å². The lowest BCUT2D eigenvalue weighted by molar-refractivity contribution is 0.339. The lowest BCUT2D eigenvalue weighted by atomic mass is 9.80. The van der Waals surface area contributed by atoms with Crippen LogP contribution in [0, 0.1) is 5.82 Å². The minimum Gasteiger partial charge on any atom is -0.494 e. The van der Waals surface area contributed by atoms with Crippen molar-refractivity contribution in [2.75, 3.05) is 6.61 Å². The standard InChI is InChI=1S/C26H28BrFO2/c1-4-29-22-12-8-20(9-13-22)26(2,3)17-5-6-19-7-16-24(28)25(18-19)30-23-14-10-21(27)11-15-23/h7-16,18H,4-6,17H2,1-3H3. The third-order valence-electron chi connectivity index (χ3n) is 5.25. The maximum atomic E-state index is 14.2. The Morgan fingerprint density at radius 3 is 2.23 bits per heavy atom. The summed E-state index contributed by atoms with van der Waals surface area (Å²) >= 11 is 3.39. The predicted molar refractivity (Wildman–Crippen MR) is 124 cm³/mol. The van der Waals surface area contributed by atoms with E-state index in [9.17, 15) is 4.39 Å². The van der Waals surface area contributed by atoms with Crippen LogP contribution in [0.15, 0.2) is 71.2 Å². The molecule has 3 aromatic carbocycles. The molecule has 30 heavy (non-hydrogen) atoms. The first-order valence-corrected chi connectivity index (χ1v) is 11.1. The third kappa shape index (κ3) is 6.09. The molecule has 0 amide bonds. The molecule has 4 heteroatoms. The second-order valence-electron chi connectivity index (χ2n) is 8.02. The van der Waals surface area contributed by atoms with Gasteiger partial charge in [-0.1, -0.05) is 48.0 Å². The summed E-state index contributed by atoms with van der Waals surface area (Å²) in [5.74, 6) is 1.43. The number of rotatable bonds is 9. The van der Waals surface area contributed by atoms with E-state index in [0.717, 1.165) is 35.0 Å². The van der Waals surface area contributed by atoms with Crippen LogP contribution < -0.4 is 9.47 Å². The van der Waals surface area contributed by atoms with E-state index in [1.807, 2.05) is 49.4 Å². The molecule has 0 spiro atoms. The highest BCUT2D eigenvalue weighted by Crippen LogP contribution is 2.31. The normalized spacial score (nSPS) is 11.4. The van der Waals surface area contributed by atoms with Gasteiger partial charge in [0.1, 0.15) is 11.5 Å². The Hall–Kier alpha value is -2.33. The highest BCUT2D eigenvalue weighted by Gasteiger charge is 2.20. The van der Waals surface area contributed by atoms with Crippen molar-refractivity contribution < 1.29 is 13.9 Å². The number of halogens is 2. The minimum atomic E-state index is -0.351. The van der Waals surface area contributed by atoms with E-state index in [4.69, 9.17) is 9.47 Å². The molecule has 158 valence electrons. The molecule has 0 fully saturated rings. The lowest BCUT2D eigenvalue weighted by Gasteiger charge is -2.25. The van der Waals surface area contributed by atoms with Crippen LogP contribution in [0.25, 0.3) is 0 Å². The van der Waals surface area contributed by atoms with Crippen molar-refractivity contribution in [3.8, 4) is 17.2 Å². The van der Waals surface area contributed by atoms with Gasteiger partial charge in [-0.2, -0.15) is 0 Å². The molecule has 3 rings (SSSR count). The minimum absolute atomic E-state index is 0.0571. The molecule has 0 saturated carbocycles. The summed E-state index contributed by atoms with van der Waals surface area (Å²) in [5.41, 5.74) is 2.43. The summed E-state index contributed by atoms with van der Waals surface area (Å²) in [6.07, 6.45) is 2.91. The van der Waals surface area contributed by atoms with Crippen LogP contribution in [0.3, 0.4) is 0 Å². The van der Waals surface area contributed by atoms with Crippen molar-refractivity contribution in [3.05, 3.63) is 88.1 Å². The van der Waals surface area contributed by atoms with Crippen LogP contribution in [0.1, 0.15) is 44.7 Å². The Labute approximate surface area is 187 Å². The highest BCUT2D eigenvalue weighted by atomic mass is 79.9. The van der Waals surface area contributed by atoms with E-state index in [-0.39, 0.29) is 17.0 Å². The zero-order chi connectivity index (χ0) is 21.6. The number of benzene rings is 3. The zero-order valence-electron chi connectivity index (χ0n) is 17.8. The van der Waals surface area contributed by atoms with Crippen LogP contribution in [-0.2, 0) is 11.8 Å². The Morgan fingerprint density at radius 1 is 0.900 bits per heavy atom. The van der Waals surface area contributed by atoms with Gasteiger partial charge >= 0.3 is 0 Å². The average Bonchev–Trinajstić information content (AvgIpc) is 2.72. The molecular weight excluding hydrogens is 443 g/mol. The molecule has 2 nitrogen and oxygen atoms in total. The third-order valence-corrected chi connectivity index (χ3v) is 5.78. The van der Waals surface area contributed by atoms with E-state index >= 15 is 0 Å². The predicted octanol–water partition coefficient (Wildman–Crippen LogP) is 8.08. The van der Waals surface area contributed by atoms with Gasteiger partial charge in [0.25, 0.3) is 0 Å². The topological polar surface area (TPSA) is 18.5 Å². The smallest absolute Gasteiger partial charge is 0.165 e. The summed E-state index contributed by atoms with van der Waals surface area (Å²) in [5, 5.41) is 0. The summed E-state index contributed by atoms with van der Waals surface area (Å²) < 4.78 is 26.4. The molecule has 0 aromatic heterocycles. The van der Waals surface area contributed by atoms with Gasteiger partial charge in [0.05, 0.1) is 6.61 Å². The summed E-state index contributed by atoms with van der Waals surface area (Å²) in [7, 11) is 0. The molecule has 0 N–H and O–H groups in total. The number of hydrogen-bond donors (Lipinski definition) is 0. The molecule has 0 aliphatic heterocycles. The first-order valence-electron chi connectivity index (χ1n) is 10.3. The quantitative estimate of drug-likeness (QED) is 0.314. The molecule has 0 atom stereocenters. The average molecular weight is 471 g/mol. The van der Waals surface area contributed by atoms with Gasteiger partial charge in [-0.3, -0.25) is 0 Å². The van der Waals surface area contributed by atoms with Crippen molar-refractivity contribution in [2.45, 2.75) is 45.4 Å². The van der Waals surface area contributed by atoms with Crippen molar-refractivity contribution in [1.29, 1.82) is 0 Å². The zero-order valence-corrected chi connectivity index (χ0v) is 19.3. The largest absolute Gasteiger partial charge is 0.494 e. The Morgan fingerprint density at radius 2 is 1.57 bits per heavy atom. The summed E-state index contributed by atoms with van der Waals surface area (Å²) in [4.78, 5) is 0. The fraction of sp³-hybridized carbons (Fsp3) is 0.308. The van der Waals surface area contributed by atoms with Crippen LogP contribution in [0.5, 0.6) is 17.2 Å². The monoisotopic (exact) mass is 470 g/mol. The van der Waals surface area contributed by atoms with Crippen LogP contribution in [0.4, 0.5) is 4.39 Å². The summed E-state index contributed by atoms with van der Waals surface area (Å²) in [6.45, 7) is 7.18. The first kappa shape index (κ1) is 22.4. The van der Waals surface area contributed by atoms with Crippen molar-refractivity contribution >= 4 is 15.9 Å². The molecule has 0 unspecified atom stereocenters. The molecule has 0 bridgehead atoms. The van der Waals surface area contributed by atoms with E-state index in [0.29, 0.717) is 12.4 Å². The van der Waals surface area contributed by atoms with Gasteiger partial charge < -0.3 is 9.47 Å². The number of hydrogen-bond acceptors (Lipinski definition) is 2. The first-order chi connectivity index (χ1) is 14.4. The molecule has 0 aliphatic carbocycles. The molecular formula is C26H28BrFO2. The fourth-order valence-corrected chi connectivity index (χ4v) is 3.72. The van der Waals surface area contributed by atoms with E-state index < -0.39 is 0 Å².